The molecule has 6 nitrogen and oxygen atoms in total. The lowest BCUT2D eigenvalue weighted by Crippen LogP contribution is -2.48. The van der Waals surface area contributed by atoms with E-state index in [0.717, 1.165) is 42.9 Å². The first-order valence-corrected chi connectivity index (χ1v) is 9.91. The van der Waals surface area contributed by atoms with Gasteiger partial charge in [-0.2, -0.15) is 0 Å². The minimum atomic E-state index is -0.172. The van der Waals surface area contributed by atoms with Crippen LogP contribution in [-0.4, -0.2) is 49.6 Å². The van der Waals surface area contributed by atoms with Crippen molar-refractivity contribution in [2.45, 2.75) is 19.8 Å². The number of anilines is 2. The maximum Gasteiger partial charge on any atom is 0.319 e. The number of hydrogen-bond acceptors (Lipinski definition) is 3. The first kappa shape index (κ1) is 19.7. The Morgan fingerprint density at radius 3 is 2.25 bits per heavy atom. The predicted octanol–water partition coefficient (Wildman–Crippen LogP) is 3.57. The Labute approximate surface area is 166 Å². The molecule has 1 saturated heterocycles. The van der Waals surface area contributed by atoms with Crippen LogP contribution in [-0.2, 0) is 0 Å². The smallest absolute Gasteiger partial charge is 0.319 e. The zero-order valence-corrected chi connectivity index (χ0v) is 16.4. The van der Waals surface area contributed by atoms with Gasteiger partial charge in [0.15, 0.2) is 0 Å². The Hall–Kier alpha value is -3.02. The van der Waals surface area contributed by atoms with E-state index in [9.17, 15) is 9.59 Å². The van der Waals surface area contributed by atoms with Crippen molar-refractivity contribution in [3.63, 3.8) is 0 Å². The van der Waals surface area contributed by atoms with Crippen LogP contribution in [0.2, 0.25) is 0 Å². The van der Waals surface area contributed by atoms with Gasteiger partial charge >= 0.3 is 6.03 Å². The number of hydrogen-bond donors (Lipinski definition) is 2. The molecule has 1 aliphatic heterocycles. The summed E-state index contributed by atoms with van der Waals surface area (Å²) in [4.78, 5) is 28.5. The van der Waals surface area contributed by atoms with Crippen molar-refractivity contribution in [2.75, 3.05) is 42.9 Å². The second kappa shape index (κ2) is 9.78. The lowest BCUT2D eigenvalue weighted by molar-refractivity contribution is 0.0747. The maximum atomic E-state index is 12.5. The van der Waals surface area contributed by atoms with E-state index in [1.807, 2.05) is 59.5 Å². The van der Waals surface area contributed by atoms with Crippen LogP contribution in [0.5, 0.6) is 0 Å². The van der Waals surface area contributed by atoms with E-state index in [2.05, 4.69) is 22.5 Å². The van der Waals surface area contributed by atoms with E-state index < -0.39 is 0 Å². The zero-order chi connectivity index (χ0) is 19.8. The molecule has 28 heavy (non-hydrogen) atoms. The van der Waals surface area contributed by atoms with Crippen molar-refractivity contribution in [1.82, 2.24) is 10.2 Å². The van der Waals surface area contributed by atoms with Crippen LogP contribution in [0.4, 0.5) is 16.2 Å². The molecule has 0 atom stereocenters. The highest BCUT2D eigenvalue weighted by Gasteiger charge is 2.22. The average Bonchev–Trinajstić information content (AvgIpc) is 2.75. The Morgan fingerprint density at radius 1 is 0.929 bits per heavy atom. The number of carbonyl (C=O) groups is 2. The van der Waals surface area contributed by atoms with Crippen molar-refractivity contribution in [2.24, 2.45) is 0 Å². The highest BCUT2D eigenvalue weighted by Crippen LogP contribution is 2.20. The van der Waals surface area contributed by atoms with Crippen LogP contribution < -0.4 is 15.5 Å². The SMILES string of the molecule is CCCCNC(=O)Nc1ccc(N2CCN(C(=O)c3ccccc3)CC2)cc1. The molecule has 1 aliphatic rings. The van der Waals surface area contributed by atoms with Gasteiger partial charge in [-0.15, -0.1) is 0 Å². The Morgan fingerprint density at radius 2 is 1.61 bits per heavy atom. The Kier molecular flexibility index (Phi) is 6.89. The summed E-state index contributed by atoms with van der Waals surface area (Å²) < 4.78 is 0. The molecule has 2 aromatic rings. The summed E-state index contributed by atoms with van der Waals surface area (Å²) in [5.41, 5.74) is 2.61. The van der Waals surface area contributed by atoms with Gasteiger partial charge in [-0.25, -0.2) is 4.79 Å². The summed E-state index contributed by atoms with van der Waals surface area (Å²) in [7, 11) is 0. The first-order valence-electron chi connectivity index (χ1n) is 9.91. The third kappa shape index (κ3) is 5.25. The van der Waals surface area contributed by atoms with E-state index in [-0.39, 0.29) is 11.9 Å². The normalized spacial score (nSPS) is 13.9. The standard InChI is InChI=1S/C22H28N4O2/c1-2-3-13-23-22(28)24-19-9-11-20(12-10-19)25-14-16-26(17-15-25)21(27)18-7-5-4-6-8-18/h4-12H,2-3,13-17H2,1H3,(H2,23,24,28). The fourth-order valence-electron chi connectivity index (χ4n) is 3.24. The molecular weight excluding hydrogens is 352 g/mol. The van der Waals surface area contributed by atoms with Crippen molar-refractivity contribution < 1.29 is 9.59 Å². The quantitative estimate of drug-likeness (QED) is 0.753. The van der Waals surface area contributed by atoms with Gasteiger partial charge < -0.3 is 20.4 Å². The second-order valence-corrected chi connectivity index (χ2v) is 6.93. The van der Waals surface area contributed by atoms with Gasteiger partial charge in [-0.05, 0) is 42.8 Å². The van der Waals surface area contributed by atoms with Crippen LogP contribution in [0.1, 0.15) is 30.1 Å². The summed E-state index contributed by atoms with van der Waals surface area (Å²) in [5.74, 6) is 0.0916. The number of nitrogens with zero attached hydrogens (tertiary/aromatic N) is 2. The molecule has 0 radical (unpaired) electrons. The summed E-state index contributed by atoms with van der Waals surface area (Å²) in [6.45, 7) is 5.77. The average molecular weight is 380 g/mol. The molecule has 0 bridgehead atoms. The van der Waals surface area contributed by atoms with Crippen LogP contribution in [0.25, 0.3) is 0 Å². The third-order valence-electron chi connectivity index (χ3n) is 4.89. The summed E-state index contributed by atoms with van der Waals surface area (Å²) in [6, 6.07) is 17.1. The number of carbonyl (C=O) groups excluding carboxylic acids is 2. The molecule has 0 spiro atoms. The van der Waals surface area contributed by atoms with E-state index >= 15 is 0 Å². The van der Waals surface area contributed by atoms with E-state index in [1.54, 1.807) is 0 Å². The minimum Gasteiger partial charge on any atom is -0.368 e. The molecule has 6 heteroatoms. The third-order valence-corrected chi connectivity index (χ3v) is 4.89. The topological polar surface area (TPSA) is 64.7 Å². The number of piperazine rings is 1. The van der Waals surface area contributed by atoms with Crippen LogP contribution in [0.15, 0.2) is 54.6 Å². The van der Waals surface area contributed by atoms with Crippen LogP contribution in [0.3, 0.4) is 0 Å². The van der Waals surface area contributed by atoms with E-state index in [1.165, 1.54) is 0 Å². The molecule has 1 fully saturated rings. The monoisotopic (exact) mass is 380 g/mol. The molecule has 1 heterocycles. The predicted molar refractivity (Wildman–Crippen MR) is 113 cm³/mol. The molecule has 0 aromatic heterocycles. The lowest BCUT2D eigenvalue weighted by Gasteiger charge is -2.36. The van der Waals surface area contributed by atoms with Gasteiger partial charge in [0, 0.05) is 49.7 Å². The Balaban J connectivity index is 1.49. The van der Waals surface area contributed by atoms with Crippen molar-refractivity contribution in [1.29, 1.82) is 0 Å². The minimum absolute atomic E-state index is 0.0916. The second-order valence-electron chi connectivity index (χ2n) is 6.93. The molecule has 3 rings (SSSR count). The number of nitrogens with one attached hydrogen (secondary N) is 2. The number of urea groups is 1. The lowest BCUT2D eigenvalue weighted by atomic mass is 10.1. The summed E-state index contributed by atoms with van der Waals surface area (Å²) in [5, 5.41) is 5.69. The molecule has 0 aliphatic carbocycles. The summed E-state index contributed by atoms with van der Waals surface area (Å²) in [6.07, 6.45) is 2.03. The van der Waals surface area contributed by atoms with Gasteiger partial charge in [0.1, 0.15) is 0 Å². The molecule has 2 aromatic carbocycles. The van der Waals surface area contributed by atoms with Gasteiger partial charge in [0.2, 0.25) is 0 Å². The van der Waals surface area contributed by atoms with Crippen molar-refractivity contribution in [3.8, 4) is 0 Å². The Bertz CT molecular complexity index is 769. The van der Waals surface area contributed by atoms with Crippen molar-refractivity contribution in [3.05, 3.63) is 60.2 Å². The highest BCUT2D eigenvalue weighted by molar-refractivity contribution is 5.94. The molecule has 3 amide bonds. The zero-order valence-electron chi connectivity index (χ0n) is 16.4. The molecule has 148 valence electrons. The molecule has 0 unspecified atom stereocenters. The van der Waals surface area contributed by atoms with E-state index in [0.29, 0.717) is 19.6 Å². The molecular formula is C22H28N4O2. The highest BCUT2D eigenvalue weighted by atomic mass is 16.2. The summed E-state index contributed by atoms with van der Waals surface area (Å²) >= 11 is 0. The van der Waals surface area contributed by atoms with Gasteiger partial charge in [0.05, 0.1) is 0 Å². The van der Waals surface area contributed by atoms with E-state index in [4.69, 9.17) is 0 Å². The number of rotatable bonds is 6. The fraction of sp³-hybridized carbons (Fsp3) is 0.364. The largest absolute Gasteiger partial charge is 0.368 e. The number of amides is 3. The number of unbranched alkanes of at least 4 members (excludes halogenated alkanes) is 1. The van der Waals surface area contributed by atoms with Gasteiger partial charge in [-0.1, -0.05) is 31.5 Å². The number of benzene rings is 2. The maximum absolute atomic E-state index is 12.5. The van der Waals surface area contributed by atoms with Crippen LogP contribution in [0, 0.1) is 0 Å². The molecule has 0 saturated carbocycles. The van der Waals surface area contributed by atoms with Crippen molar-refractivity contribution >= 4 is 23.3 Å². The van der Waals surface area contributed by atoms with Gasteiger partial charge in [0.25, 0.3) is 5.91 Å². The molecule has 2 N–H and O–H groups in total. The van der Waals surface area contributed by atoms with Crippen LogP contribution >= 0.6 is 0 Å². The fourth-order valence-corrected chi connectivity index (χ4v) is 3.24. The van der Waals surface area contributed by atoms with Gasteiger partial charge in [-0.3, -0.25) is 4.79 Å². The first-order chi connectivity index (χ1) is 13.7.